The largest absolute Gasteiger partial charge is 0.497 e. The number of halogens is 2. The molecule has 4 nitrogen and oxygen atoms in total. The molecular weight excluding hydrogens is 395 g/mol. The fourth-order valence-corrected chi connectivity index (χ4v) is 3.34. The van der Waals surface area contributed by atoms with Gasteiger partial charge in [-0.25, -0.2) is 0 Å². The van der Waals surface area contributed by atoms with Gasteiger partial charge in [0.15, 0.2) is 5.76 Å². The molecule has 0 saturated carbocycles. The van der Waals surface area contributed by atoms with Crippen LogP contribution in [0, 0.1) is 5.41 Å². The van der Waals surface area contributed by atoms with Crippen molar-refractivity contribution >= 4 is 51.6 Å². The van der Waals surface area contributed by atoms with Crippen LogP contribution < -0.4 is 9.64 Å². The molecule has 0 heterocycles. The van der Waals surface area contributed by atoms with Crippen molar-refractivity contribution in [1.82, 2.24) is 0 Å². The third-order valence-electron chi connectivity index (χ3n) is 4.53. The summed E-state index contributed by atoms with van der Waals surface area (Å²) in [5.74, 6) is 1.24. The molecule has 0 aliphatic rings. The number of methoxy groups -OCH3 is 2. The van der Waals surface area contributed by atoms with Crippen LogP contribution in [0.25, 0.3) is 16.5 Å². The van der Waals surface area contributed by atoms with Gasteiger partial charge in [-0.3, -0.25) is 0 Å². The van der Waals surface area contributed by atoms with Crippen molar-refractivity contribution < 1.29 is 9.47 Å². The van der Waals surface area contributed by atoms with Crippen LogP contribution in [0.5, 0.6) is 5.75 Å². The van der Waals surface area contributed by atoms with E-state index in [9.17, 15) is 0 Å². The third kappa shape index (κ3) is 3.93. The number of rotatable bonds is 6. The monoisotopic (exact) mass is 414 g/mol. The summed E-state index contributed by atoms with van der Waals surface area (Å²) < 4.78 is 10.8. The van der Waals surface area contributed by atoms with Crippen LogP contribution in [-0.4, -0.2) is 27.5 Å². The lowest BCUT2D eigenvalue weighted by atomic mass is 10.0. The van der Waals surface area contributed by atoms with Gasteiger partial charge in [-0.2, -0.15) is 0 Å². The van der Waals surface area contributed by atoms with Crippen LogP contribution in [0.3, 0.4) is 0 Å². The van der Waals surface area contributed by atoms with Crippen molar-refractivity contribution in [3.05, 3.63) is 76.0 Å². The normalized spacial score (nSPS) is 11.8. The van der Waals surface area contributed by atoms with E-state index in [2.05, 4.69) is 6.07 Å². The highest BCUT2D eigenvalue weighted by Crippen LogP contribution is 2.33. The van der Waals surface area contributed by atoms with Crippen molar-refractivity contribution in [2.24, 2.45) is 0 Å². The minimum absolute atomic E-state index is 0.432. The first kappa shape index (κ1) is 20.1. The van der Waals surface area contributed by atoms with E-state index in [0.717, 1.165) is 33.5 Å². The average Bonchev–Trinajstić information content (AvgIpc) is 2.72. The first-order valence-electron chi connectivity index (χ1n) is 8.54. The second-order valence-electron chi connectivity index (χ2n) is 6.15. The Morgan fingerprint density at radius 3 is 2.29 bits per heavy atom. The molecule has 3 rings (SSSR count). The zero-order valence-electron chi connectivity index (χ0n) is 15.8. The fraction of sp³-hybridized carbons (Fsp3) is 0.136. The topological polar surface area (TPSA) is 45.6 Å². The first-order valence-corrected chi connectivity index (χ1v) is 9.29. The van der Waals surface area contributed by atoms with E-state index in [1.165, 1.54) is 6.21 Å². The Balaban J connectivity index is 2.15. The summed E-state index contributed by atoms with van der Waals surface area (Å²) in [6, 6.07) is 17.4. The standard InChI is InChI=1S/C22H20Cl2N2O2/c1-26(17-7-9-19(23)20(24)12-17)22(21(13-25)28-3)16-5-4-15-11-18(27-2)8-6-14(15)10-16/h4-13,25H,1-3H3/b22-21+,25-13?. The number of benzene rings is 3. The molecule has 0 saturated heterocycles. The molecule has 0 aromatic heterocycles. The summed E-state index contributed by atoms with van der Waals surface area (Å²) in [5.41, 5.74) is 2.48. The second-order valence-corrected chi connectivity index (χ2v) is 6.96. The summed E-state index contributed by atoms with van der Waals surface area (Å²) in [4.78, 5) is 1.93. The second kappa shape index (κ2) is 8.55. The Kier molecular flexibility index (Phi) is 6.12. The molecule has 28 heavy (non-hydrogen) atoms. The van der Waals surface area contributed by atoms with Gasteiger partial charge in [0.1, 0.15) is 5.75 Å². The molecule has 0 aliphatic carbocycles. The summed E-state index contributed by atoms with van der Waals surface area (Å²) in [6.07, 6.45) is 1.20. The van der Waals surface area contributed by atoms with E-state index in [4.69, 9.17) is 38.1 Å². The highest BCUT2D eigenvalue weighted by atomic mass is 35.5. The molecule has 0 radical (unpaired) electrons. The van der Waals surface area contributed by atoms with E-state index in [1.54, 1.807) is 26.4 Å². The van der Waals surface area contributed by atoms with E-state index in [0.29, 0.717) is 15.8 Å². The number of hydrogen-bond donors (Lipinski definition) is 1. The molecule has 3 aromatic carbocycles. The number of allylic oxidation sites excluding steroid dienone is 1. The van der Waals surface area contributed by atoms with Crippen LogP contribution in [0.4, 0.5) is 5.69 Å². The van der Waals surface area contributed by atoms with Crippen molar-refractivity contribution in [2.75, 3.05) is 26.2 Å². The number of hydrogen-bond acceptors (Lipinski definition) is 4. The maximum atomic E-state index is 7.79. The van der Waals surface area contributed by atoms with Gasteiger partial charge in [0, 0.05) is 18.3 Å². The smallest absolute Gasteiger partial charge is 0.160 e. The number of fused-ring (bicyclic) bond motifs is 1. The molecule has 0 bridgehead atoms. The van der Waals surface area contributed by atoms with Crippen molar-refractivity contribution in [3.63, 3.8) is 0 Å². The minimum Gasteiger partial charge on any atom is -0.497 e. The van der Waals surface area contributed by atoms with Gasteiger partial charge in [0.25, 0.3) is 0 Å². The highest BCUT2D eigenvalue weighted by molar-refractivity contribution is 6.42. The highest BCUT2D eigenvalue weighted by Gasteiger charge is 2.17. The number of ether oxygens (including phenoxy) is 2. The van der Waals surface area contributed by atoms with Gasteiger partial charge in [0.05, 0.1) is 36.2 Å². The molecule has 144 valence electrons. The van der Waals surface area contributed by atoms with Gasteiger partial charge in [-0.05, 0) is 47.2 Å². The SMILES string of the molecule is CO/C(C=N)=C(\c1ccc2cc(OC)ccc2c1)N(C)c1ccc(Cl)c(Cl)c1. The molecule has 6 heteroatoms. The maximum Gasteiger partial charge on any atom is 0.160 e. The molecular formula is C22H20Cl2N2O2. The Morgan fingerprint density at radius 2 is 1.64 bits per heavy atom. The molecule has 0 aliphatic heterocycles. The maximum absolute atomic E-state index is 7.79. The van der Waals surface area contributed by atoms with Crippen LogP contribution in [-0.2, 0) is 4.74 Å². The Labute approximate surface area is 174 Å². The molecule has 1 N–H and O–H groups in total. The van der Waals surface area contributed by atoms with E-state index < -0.39 is 0 Å². The summed E-state index contributed by atoms with van der Waals surface area (Å²) in [6.45, 7) is 0. The Bertz CT molecular complexity index is 1060. The zero-order chi connectivity index (χ0) is 20.3. The van der Waals surface area contributed by atoms with E-state index in [-0.39, 0.29) is 0 Å². The molecule has 0 unspecified atom stereocenters. The van der Waals surface area contributed by atoms with Gasteiger partial charge in [-0.15, -0.1) is 0 Å². The number of nitrogens with one attached hydrogen (secondary N) is 1. The molecule has 3 aromatic rings. The average molecular weight is 415 g/mol. The van der Waals surface area contributed by atoms with E-state index in [1.807, 2.05) is 48.3 Å². The lowest BCUT2D eigenvalue weighted by molar-refractivity contribution is 0.318. The molecule has 0 fully saturated rings. The minimum atomic E-state index is 0.432. The van der Waals surface area contributed by atoms with Gasteiger partial charge >= 0.3 is 0 Å². The first-order chi connectivity index (χ1) is 13.5. The number of anilines is 1. The summed E-state index contributed by atoms with van der Waals surface area (Å²) in [7, 11) is 5.10. The van der Waals surface area contributed by atoms with Gasteiger partial charge in [-0.1, -0.05) is 41.4 Å². The fourth-order valence-electron chi connectivity index (χ4n) is 3.05. The van der Waals surface area contributed by atoms with Crippen molar-refractivity contribution in [1.29, 1.82) is 5.41 Å². The predicted octanol–water partition coefficient (Wildman–Crippen LogP) is 6.26. The lowest BCUT2D eigenvalue weighted by Gasteiger charge is -2.25. The lowest BCUT2D eigenvalue weighted by Crippen LogP contribution is -2.18. The van der Waals surface area contributed by atoms with Crippen LogP contribution in [0.2, 0.25) is 10.0 Å². The summed E-state index contributed by atoms with van der Waals surface area (Å²) in [5, 5.41) is 10.9. The quantitative estimate of drug-likeness (QED) is 0.382. The van der Waals surface area contributed by atoms with Gasteiger partial charge in [0.2, 0.25) is 0 Å². The zero-order valence-corrected chi connectivity index (χ0v) is 17.3. The molecule has 0 amide bonds. The van der Waals surface area contributed by atoms with Crippen molar-refractivity contribution in [2.45, 2.75) is 0 Å². The van der Waals surface area contributed by atoms with Crippen molar-refractivity contribution in [3.8, 4) is 5.75 Å². The van der Waals surface area contributed by atoms with Crippen LogP contribution >= 0.6 is 23.2 Å². The number of nitrogens with zero attached hydrogens (tertiary/aromatic N) is 1. The molecule has 0 spiro atoms. The Hall–Kier alpha value is -2.69. The van der Waals surface area contributed by atoms with E-state index >= 15 is 0 Å². The Morgan fingerprint density at radius 1 is 0.929 bits per heavy atom. The third-order valence-corrected chi connectivity index (χ3v) is 5.27. The van der Waals surface area contributed by atoms with Gasteiger partial charge < -0.3 is 19.8 Å². The van der Waals surface area contributed by atoms with Crippen LogP contribution in [0.15, 0.2) is 60.4 Å². The summed E-state index contributed by atoms with van der Waals surface area (Å²) >= 11 is 12.3. The predicted molar refractivity (Wildman–Crippen MR) is 118 cm³/mol. The van der Waals surface area contributed by atoms with Crippen LogP contribution in [0.1, 0.15) is 5.56 Å². The molecule has 0 atom stereocenters.